The number of carbonyl (C=O) groups is 1. The molecular weight excluding hydrogens is 183 g/mol. The fourth-order valence-electron chi connectivity index (χ4n) is 1.80. The van der Waals surface area contributed by atoms with Gasteiger partial charge in [-0.25, -0.2) is 0 Å². The molecule has 1 amide bonds. The molecule has 1 fully saturated rings. The Morgan fingerprint density at radius 2 is 2.14 bits per heavy atom. The molecule has 1 aliphatic heterocycles. The molecule has 0 bridgehead atoms. The standard InChI is InChI=1S/C10H15FN2O/c11-5-1-9-3-7-13(8-4-9)10(14)2-6-12/h9H,1-5,7-8H2. The molecule has 0 aromatic heterocycles. The van der Waals surface area contributed by atoms with Gasteiger partial charge in [-0.05, 0) is 25.2 Å². The van der Waals surface area contributed by atoms with Gasteiger partial charge in [-0.2, -0.15) is 5.26 Å². The van der Waals surface area contributed by atoms with E-state index in [9.17, 15) is 9.18 Å². The van der Waals surface area contributed by atoms with E-state index in [1.165, 1.54) is 0 Å². The minimum absolute atomic E-state index is 0.0340. The van der Waals surface area contributed by atoms with Crippen molar-refractivity contribution in [3.8, 4) is 6.07 Å². The lowest BCUT2D eigenvalue weighted by atomic mass is 9.94. The van der Waals surface area contributed by atoms with Crippen molar-refractivity contribution < 1.29 is 9.18 Å². The first-order chi connectivity index (χ1) is 6.77. The summed E-state index contributed by atoms with van der Waals surface area (Å²) in [4.78, 5) is 13.0. The van der Waals surface area contributed by atoms with Crippen molar-refractivity contribution >= 4 is 5.91 Å². The van der Waals surface area contributed by atoms with E-state index in [1.54, 1.807) is 4.90 Å². The Morgan fingerprint density at radius 1 is 1.50 bits per heavy atom. The number of nitrogens with zero attached hydrogens (tertiary/aromatic N) is 2. The summed E-state index contributed by atoms with van der Waals surface area (Å²) in [6, 6.07) is 1.85. The molecular formula is C10H15FN2O. The van der Waals surface area contributed by atoms with E-state index in [-0.39, 0.29) is 19.0 Å². The van der Waals surface area contributed by atoms with E-state index < -0.39 is 0 Å². The molecule has 0 saturated carbocycles. The fourth-order valence-corrected chi connectivity index (χ4v) is 1.80. The summed E-state index contributed by atoms with van der Waals surface area (Å²) in [5.74, 6) is 0.331. The highest BCUT2D eigenvalue weighted by atomic mass is 19.1. The molecule has 4 heteroatoms. The van der Waals surface area contributed by atoms with E-state index >= 15 is 0 Å². The molecule has 14 heavy (non-hydrogen) atoms. The molecule has 3 nitrogen and oxygen atoms in total. The molecule has 78 valence electrons. The maximum atomic E-state index is 12.0. The second-order valence-electron chi connectivity index (χ2n) is 3.64. The van der Waals surface area contributed by atoms with Crippen LogP contribution in [0.2, 0.25) is 0 Å². The fraction of sp³-hybridized carbons (Fsp3) is 0.800. The molecule has 0 atom stereocenters. The zero-order chi connectivity index (χ0) is 10.4. The van der Waals surface area contributed by atoms with Crippen molar-refractivity contribution in [3.63, 3.8) is 0 Å². The van der Waals surface area contributed by atoms with Crippen LogP contribution in [0.1, 0.15) is 25.7 Å². The number of carbonyl (C=O) groups excluding carboxylic acids is 1. The number of piperidine rings is 1. The van der Waals surface area contributed by atoms with Gasteiger partial charge in [-0.3, -0.25) is 9.18 Å². The Hall–Kier alpha value is -1.11. The predicted octanol–water partition coefficient (Wildman–Crippen LogP) is 1.50. The van der Waals surface area contributed by atoms with Crippen molar-refractivity contribution in [1.29, 1.82) is 5.26 Å². The van der Waals surface area contributed by atoms with Gasteiger partial charge in [-0.1, -0.05) is 0 Å². The lowest BCUT2D eigenvalue weighted by molar-refractivity contribution is -0.131. The van der Waals surface area contributed by atoms with Gasteiger partial charge in [-0.15, -0.1) is 0 Å². The number of hydrogen-bond donors (Lipinski definition) is 0. The smallest absolute Gasteiger partial charge is 0.236 e. The zero-order valence-electron chi connectivity index (χ0n) is 8.21. The number of likely N-dealkylation sites (tertiary alicyclic amines) is 1. The first kappa shape index (κ1) is 11.0. The minimum atomic E-state index is -0.267. The summed E-state index contributed by atoms with van der Waals surface area (Å²) in [6.07, 6.45) is 2.33. The van der Waals surface area contributed by atoms with E-state index in [2.05, 4.69) is 0 Å². The van der Waals surface area contributed by atoms with Crippen molar-refractivity contribution in [2.24, 2.45) is 5.92 Å². The van der Waals surface area contributed by atoms with Crippen molar-refractivity contribution in [3.05, 3.63) is 0 Å². The van der Waals surface area contributed by atoms with E-state index in [4.69, 9.17) is 5.26 Å². The Bertz CT molecular complexity index is 229. The summed E-state index contributed by atoms with van der Waals surface area (Å²) in [5.41, 5.74) is 0. The van der Waals surface area contributed by atoms with Gasteiger partial charge in [0.05, 0.1) is 12.7 Å². The van der Waals surface area contributed by atoms with Crippen molar-refractivity contribution in [2.45, 2.75) is 25.7 Å². The molecule has 1 saturated heterocycles. The van der Waals surface area contributed by atoms with Crippen LogP contribution in [0.4, 0.5) is 4.39 Å². The highest BCUT2D eigenvalue weighted by molar-refractivity contribution is 5.78. The third kappa shape index (κ3) is 2.99. The van der Waals surface area contributed by atoms with Crippen LogP contribution in [-0.2, 0) is 4.79 Å². The molecule has 0 unspecified atom stereocenters. The topological polar surface area (TPSA) is 44.1 Å². The Morgan fingerprint density at radius 3 is 2.64 bits per heavy atom. The van der Waals surface area contributed by atoms with E-state index in [0.717, 1.165) is 12.8 Å². The predicted molar refractivity (Wildman–Crippen MR) is 50.1 cm³/mol. The third-order valence-corrected chi connectivity index (χ3v) is 2.71. The summed E-state index contributed by atoms with van der Waals surface area (Å²) < 4.78 is 12.0. The molecule has 0 radical (unpaired) electrons. The SMILES string of the molecule is N#CCC(=O)N1CCC(CCF)CC1. The molecule has 0 spiro atoms. The van der Waals surface area contributed by atoms with Crippen LogP contribution in [0.5, 0.6) is 0 Å². The summed E-state index contributed by atoms with van der Waals surface area (Å²) >= 11 is 0. The number of rotatable bonds is 3. The van der Waals surface area contributed by atoms with Gasteiger partial charge in [0.1, 0.15) is 6.42 Å². The van der Waals surface area contributed by atoms with Gasteiger partial charge in [0.15, 0.2) is 0 Å². The highest BCUT2D eigenvalue weighted by Gasteiger charge is 2.21. The van der Waals surface area contributed by atoms with Crippen LogP contribution in [0, 0.1) is 17.2 Å². The Kier molecular flexibility index (Phi) is 4.37. The normalized spacial score (nSPS) is 17.9. The first-order valence-corrected chi connectivity index (χ1v) is 4.98. The zero-order valence-corrected chi connectivity index (χ0v) is 8.21. The number of amides is 1. The first-order valence-electron chi connectivity index (χ1n) is 4.98. The summed E-state index contributed by atoms with van der Waals surface area (Å²) in [6.45, 7) is 1.10. The molecule has 1 heterocycles. The van der Waals surface area contributed by atoms with Crippen LogP contribution in [0.25, 0.3) is 0 Å². The lowest BCUT2D eigenvalue weighted by Crippen LogP contribution is -2.38. The number of nitriles is 1. The van der Waals surface area contributed by atoms with Crippen LogP contribution in [0.3, 0.4) is 0 Å². The quantitative estimate of drug-likeness (QED) is 0.689. The molecule has 0 aliphatic carbocycles. The summed E-state index contributed by atoms with van der Waals surface area (Å²) in [5, 5.41) is 8.36. The number of halogens is 1. The minimum Gasteiger partial charge on any atom is -0.342 e. The van der Waals surface area contributed by atoms with E-state index in [1.807, 2.05) is 6.07 Å². The van der Waals surface area contributed by atoms with Crippen molar-refractivity contribution in [1.82, 2.24) is 4.90 Å². The Balaban J connectivity index is 2.29. The molecule has 1 rings (SSSR count). The Labute approximate surface area is 83.5 Å². The van der Waals surface area contributed by atoms with E-state index in [0.29, 0.717) is 25.4 Å². The van der Waals surface area contributed by atoms with Gasteiger partial charge >= 0.3 is 0 Å². The highest BCUT2D eigenvalue weighted by Crippen LogP contribution is 2.20. The van der Waals surface area contributed by atoms with Gasteiger partial charge in [0, 0.05) is 13.1 Å². The van der Waals surface area contributed by atoms with Crippen LogP contribution < -0.4 is 0 Å². The van der Waals surface area contributed by atoms with Gasteiger partial charge in [0.25, 0.3) is 0 Å². The second-order valence-corrected chi connectivity index (χ2v) is 3.64. The van der Waals surface area contributed by atoms with Crippen LogP contribution in [0.15, 0.2) is 0 Å². The maximum absolute atomic E-state index is 12.0. The second kappa shape index (κ2) is 5.58. The monoisotopic (exact) mass is 198 g/mol. The molecule has 1 aliphatic rings. The van der Waals surface area contributed by atoms with Crippen LogP contribution >= 0.6 is 0 Å². The summed E-state index contributed by atoms with van der Waals surface area (Å²) in [7, 11) is 0. The average Bonchev–Trinajstić information content (AvgIpc) is 2.20. The third-order valence-electron chi connectivity index (χ3n) is 2.71. The maximum Gasteiger partial charge on any atom is 0.236 e. The largest absolute Gasteiger partial charge is 0.342 e. The number of alkyl halides is 1. The lowest BCUT2D eigenvalue weighted by Gasteiger charge is -2.31. The average molecular weight is 198 g/mol. The van der Waals surface area contributed by atoms with Gasteiger partial charge in [0.2, 0.25) is 5.91 Å². The van der Waals surface area contributed by atoms with Crippen molar-refractivity contribution in [2.75, 3.05) is 19.8 Å². The van der Waals surface area contributed by atoms with Gasteiger partial charge < -0.3 is 4.90 Å². The van der Waals surface area contributed by atoms with Crippen LogP contribution in [-0.4, -0.2) is 30.6 Å². The molecule has 0 aromatic rings. The number of hydrogen-bond acceptors (Lipinski definition) is 2. The molecule has 0 N–H and O–H groups in total. The molecule has 0 aromatic carbocycles.